The molecule has 0 saturated carbocycles. The van der Waals surface area contributed by atoms with Crippen LogP contribution in [0.5, 0.6) is 0 Å². The highest BCUT2D eigenvalue weighted by Crippen LogP contribution is 2.20. The molecule has 2 aromatic rings. The smallest absolute Gasteiger partial charge is 0.274 e. The third-order valence-corrected chi connectivity index (χ3v) is 4.19. The van der Waals surface area contributed by atoms with Crippen molar-refractivity contribution in [1.82, 2.24) is 15.1 Å². The number of H-pyrrole nitrogens is 1. The summed E-state index contributed by atoms with van der Waals surface area (Å²) in [5.41, 5.74) is 1.40. The fraction of sp³-hybridized carbons (Fsp3) is 0.529. The Labute approximate surface area is 135 Å². The molecule has 0 bridgehead atoms. The predicted molar refractivity (Wildman–Crippen MR) is 87.5 cm³/mol. The van der Waals surface area contributed by atoms with E-state index in [1.54, 1.807) is 0 Å². The monoisotopic (exact) mass is 317 g/mol. The molecule has 2 heterocycles. The summed E-state index contributed by atoms with van der Waals surface area (Å²) in [5, 5.41) is 8.00. The molecule has 0 atom stereocenters. The average molecular weight is 317 g/mol. The van der Waals surface area contributed by atoms with Crippen molar-refractivity contribution >= 4 is 16.8 Å². The van der Waals surface area contributed by atoms with Crippen LogP contribution in [0.2, 0.25) is 0 Å². The molecule has 3 rings (SSSR count). The van der Waals surface area contributed by atoms with Gasteiger partial charge in [-0.2, -0.15) is 5.10 Å². The molecule has 1 aromatic carbocycles. The zero-order valence-electron chi connectivity index (χ0n) is 13.5. The molecular weight excluding hydrogens is 294 g/mol. The highest BCUT2D eigenvalue weighted by Gasteiger charge is 2.26. The first-order valence-corrected chi connectivity index (χ1v) is 8.21. The van der Waals surface area contributed by atoms with Gasteiger partial charge in [0.05, 0.1) is 24.8 Å². The van der Waals surface area contributed by atoms with Crippen molar-refractivity contribution in [2.45, 2.75) is 25.9 Å². The number of aromatic nitrogens is 2. The van der Waals surface area contributed by atoms with Gasteiger partial charge in [-0.05, 0) is 25.8 Å². The van der Waals surface area contributed by atoms with Crippen molar-refractivity contribution in [2.24, 2.45) is 0 Å². The number of amides is 1. The summed E-state index contributed by atoms with van der Waals surface area (Å²) in [6.45, 7) is 5.36. The lowest BCUT2D eigenvalue weighted by Gasteiger charge is -2.31. The van der Waals surface area contributed by atoms with Crippen molar-refractivity contribution in [3.8, 4) is 0 Å². The maximum atomic E-state index is 12.7. The fourth-order valence-corrected chi connectivity index (χ4v) is 2.92. The summed E-state index contributed by atoms with van der Waals surface area (Å²) in [5.74, 6) is -0.00443. The summed E-state index contributed by atoms with van der Waals surface area (Å²) in [6, 6.07) is 7.71. The summed E-state index contributed by atoms with van der Waals surface area (Å²) >= 11 is 0. The lowest BCUT2D eigenvalue weighted by atomic mass is 10.1. The molecule has 0 spiro atoms. The van der Waals surface area contributed by atoms with Crippen molar-refractivity contribution < 1.29 is 14.3 Å². The maximum Gasteiger partial charge on any atom is 0.274 e. The molecule has 124 valence electrons. The standard InChI is InChI=1S/C17H23N3O3/c1-2-22-11-12-23-13-7-9-20(10-8-13)17(21)16-14-5-3-4-6-15(14)18-19-16/h3-6,13H,2,7-12H2,1H3,(H,18,19). The van der Waals surface area contributed by atoms with Gasteiger partial charge in [0.25, 0.3) is 5.91 Å². The first-order chi connectivity index (χ1) is 11.3. The Kier molecular flexibility index (Phi) is 5.25. The molecule has 1 aliphatic rings. The second kappa shape index (κ2) is 7.57. The van der Waals surface area contributed by atoms with E-state index in [0.29, 0.717) is 38.6 Å². The number of para-hydroxylation sites is 1. The minimum atomic E-state index is -0.00443. The number of hydrogen-bond acceptors (Lipinski definition) is 4. The first kappa shape index (κ1) is 16.0. The fourth-order valence-electron chi connectivity index (χ4n) is 2.92. The molecule has 0 aliphatic carbocycles. The molecule has 1 fully saturated rings. The Bertz CT molecular complexity index is 647. The van der Waals surface area contributed by atoms with Crippen LogP contribution in [0.15, 0.2) is 24.3 Å². The van der Waals surface area contributed by atoms with E-state index in [1.165, 1.54) is 0 Å². The molecule has 1 aliphatic heterocycles. The lowest BCUT2D eigenvalue weighted by molar-refractivity contribution is -0.0183. The third kappa shape index (κ3) is 3.71. The minimum Gasteiger partial charge on any atom is -0.379 e. The maximum absolute atomic E-state index is 12.7. The highest BCUT2D eigenvalue weighted by atomic mass is 16.5. The van der Waals surface area contributed by atoms with E-state index < -0.39 is 0 Å². The molecule has 1 saturated heterocycles. The Balaban J connectivity index is 1.54. The van der Waals surface area contributed by atoms with Crippen LogP contribution in [0.1, 0.15) is 30.3 Å². The lowest BCUT2D eigenvalue weighted by Crippen LogP contribution is -2.41. The van der Waals surface area contributed by atoms with Gasteiger partial charge >= 0.3 is 0 Å². The SMILES string of the molecule is CCOCCOC1CCN(C(=O)c2n[nH]c3ccccc23)CC1. The van der Waals surface area contributed by atoms with Crippen LogP contribution in [0.25, 0.3) is 10.9 Å². The normalized spacial score (nSPS) is 16.1. The number of aromatic amines is 1. The number of hydrogen-bond donors (Lipinski definition) is 1. The van der Waals surface area contributed by atoms with Crippen molar-refractivity contribution in [3.05, 3.63) is 30.0 Å². The van der Waals surface area contributed by atoms with Crippen molar-refractivity contribution in [2.75, 3.05) is 32.9 Å². The first-order valence-electron chi connectivity index (χ1n) is 8.21. The number of benzene rings is 1. The van der Waals surface area contributed by atoms with Gasteiger partial charge in [-0.25, -0.2) is 0 Å². The van der Waals surface area contributed by atoms with E-state index in [-0.39, 0.29) is 12.0 Å². The predicted octanol–water partition coefficient (Wildman–Crippen LogP) is 2.22. The molecular formula is C17H23N3O3. The molecule has 1 aromatic heterocycles. The number of rotatable bonds is 6. The topological polar surface area (TPSA) is 67.5 Å². The van der Waals surface area contributed by atoms with Gasteiger partial charge in [0.15, 0.2) is 5.69 Å². The Morgan fingerprint density at radius 1 is 1.30 bits per heavy atom. The number of nitrogens with zero attached hydrogens (tertiary/aromatic N) is 2. The van der Waals surface area contributed by atoms with Crippen LogP contribution < -0.4 is 0 Å². The Morgan fingerprint density at radius 2 is 2.09 bits per heavy atom. The van der Waals surface area contributed by atoms with Crippen LogP contribution in [0, 0.1) is 0 Å². The number of fused-ring (bicyclic) bond motifs is 1. The van der Waals surface area contributed by atoms with E-state index in [1.807, 2.05) is 36.1 Å². The number of likely N-dealkylation sites (tertiary alicyclic amines) is 1. The van der Waals surface area contributed by atoms with Gasteiger partial charge < -0.3 is 14.4 Å². The second-order valence-corrected chi connectivity index (χ2v) is 5.68. The molecule has 1 N–H and O–H groups in total. The van der Waals surface area contributed by atoms with E-state index in [9.17, 15) is 4.79 Å². The summed E-state index contributed by atoms with van der Waals surface area (Å²) in [7, 11) is 0. The third-order valence-electron chi connectivity index (χ3n) is 4.19. The Morgan fingerprint density at radius 3 is 2.87 bits per heavy atom. The zero-order valence-corrected chi connectivity index (χ0v) is 13.5. The number of carbonyl (C=O) groups is 1. The summed E-state index contributed by atoms with van der Waals surface area (Å²) < 4.78 is 11.1. The van der Waals surface area contributed by atoms with Crippen LogP contribution in [0.3, 0.4) is 0 Å². The number of ether oxygens (including phenoxy) is 2. The summed E-state index contributed by atoms with van der Waals surface area (Å²) in [6.07, 6.45) is 1.94. The molecule has 0 radical (unpaired) electrons. The average Bonchev–Trinajstić information content (AvgIpc) is 3.03. The van der Waals surface area contributed by atoms with Crippen LogP contribution in [-0.4, -0.2) is 60.0 Å². The Hall–Kier alpha value is -1.92. The van der Waals surface area contributed by atoms with Crippen LogP contribution in [0.4, 0.5) is 0 Å². The zero-order chi connectivity index (χ0) is 16.1. The molecule has 6 nitrogen and oxygen atoms in total. The van der Waals surface area contributed by atoms with Crippen molar-refractivity contribution in [3.63, 3.8) is 0 Å². The number of carbonyl (C=O) groups excluding carboxylic acids is 1. The van der Waals surface area contributed by atoms with Gasteiger partial charge in [-0.3, -0.25) is 9.89 Å². The highest BCUT2D eigenvalue weighted by molar-refractivity contribution is 6.04. The van der Waals surface area contributed by atoms with Crippen molar-refractivity contribution in [1.29, 1.82) is 0 Å². The van der Waals surface area contributed by atoms with Gasteiger partial charge in [-0.1, -0.05) is 18.2 Å². The van der Waals surface area contributed by atoms with Crippen LogP contribution in [-0.2, 0) is 9.47 Å². The minimum absolute atomic E-state index is 0.00443. The quantitative estimate of drug-likeness (QED) is 0.830. The summed E-state index contributed by atoms with van der Waals surface area (Å²) in [4.78, 5) is 14.5. The van der Waals surface area contributed by atoms with E-state index in [2.05, 4.69) is 10.2 Å². The van der Waals surface area contributed by atoms with Gasteiger partial charge in [0.2, 0.25) is 0 Å². The van der Waals surface area contributed by atoms with E-state index in [0.717, 1.165) is 23.7 Å². The second-order valence-electron chi connectivity index (χ2n) is 5.68. The van der Waals surface area contributed by atoms with E-state index in [4.69, 9.17) is 9.47 Å². The molecule has 23 heavy (non-hydrogen) atoms. The number of nitrogens with one attached hydrogen (secondary N) is 1. The molecule has 6 heteroatoms. The molecule has 1 amide bonds. The number of piperidine rings is 1. The molecule has 0 unspecified atom stereocenters. The van der Waals surface area contributed by atoms with Gasteiger partial charge in [0, 0.05) is 25.1 Å². The largest absolute Gasteiger partial charge is 0.379 e. The van der Waals surface area contributed by atoms with Crippen LogP contribution >= 0.6 is 0 Å². The van der Waals surface area contributed by atoms with E-state index >= 15 is 0 Å². The van der Waals surface area contributed by atoms with Gasteiger partial charge in [-0.15, -0.1) is 0 Å². The van der Waals surface area contributed by atoms with Gasteiger partial charge in [0.1, 0.15) is 0 Å².